The number of thiazole rings is 1. The predicted octanol–water partition coefficient (Wildman–Crippen LogP) is 6.99. The maximum Gasteiger partial charge on any atom is 0.255 e. The molecule has 0 aliphatic carbocycles. The van der Waals surface area contributed by atoms with Crippen LogP contribution in [0.4, 0.5) is 5.69 Å². The Kier molecular flexibility index (Phi) is 5.16. The van der Waals surface area contributed by atoms with Crippen molar-refractivity contribution in [2.75, 3.05) is 5.32 Å². The molecule has 3 nitrogen and oxygen atoms in total. The van der Waals surface area contributed by atoms with Crippen LogP contribution in [0.2, 0.25) is 5.02 Å². The van der Waals surface area contributed by atoms with Crippen molar-refractivity contribution in [2.24, 2.45) is 0 Å². The van der Waals surface area contributed by atoms with Gasteiger partial charge >= 0.3 is 0 Å². The molecule has 4 aromatic rings. The molecule has 4 rings (SSSR count). The summed E-state index contributed by atoms with van der Waals surface area (Å²) >= 11 is 8.09. The number of carbonyl (C=O) groups excluding carboxylic acids is 1. The summed E-state index contributed by atoms with van der Waals surface area (Å²) in [6.45, 7) is 4.26. The molecule has 1 aromatic heterocycles. The number of hydrogen-bond acceptors (Lipinski definition) is 3. The van der Waals surface area contributed by atoms with Crippen molar-refractivity contribution in [1.29, 1.82) is 0 Å². The van der Waals surface area contributed by atoms with E-state index in [1.165, 1.54) is 5.56 Å². The molecule has 5 heteroatoms. The maximum atomic E-state index is 12.5. The summed E-state index contributed by atoms with van der Waals surface area (Å²) in [5.74, 6) is 0.282. The van der Waals surface area contributed by atoms with E-state index in [0.29, 0.717) is 22.2 Å². The van der Waals surface area contributed by atoms with Gasteiger partial charge in [0.1, 0.15) is 5.01 Å². The Morgan fingerprint density at radius 2 is 1.79 bits per heavy atom. The quantitative estimate of drug-likeness (QED) is 0.396. The zero-order valence-electron chi connectivity index (χ0n) is 15.6. The molecule has 0 spiro atoms. The van der Waals surface area contributed by atoms with Crippen LogP contribution in [0.1, 0.15) is 35.7 Å². The minimum absolute atomic E-state index is 0.154. The Balaban J connectivity index is 1.55. The molecule has 0 fully saturated rings. The third-order valence-electron chi connectivity index (χ3n) is 4.59. The number of benzene rings is 3. The van der Waals surface area contributed by atoms with E-state index in [1.807, 2.05) is 60.7 Å². The zero-order chi connectivity index (χ0) is 19.7. The monoisotopic (exact) mass is 406 g/mol. The van der Waals surface area contributed by atoms with Crippen LogP contribution in [0.25, 0.3) is 20.8 Å². The summed E-state index contributed by atoms with van der Waals surface area (Å²) < 4.78 is 1.12. The summed E-state index contributed by atoms with van der Waals surface area (Å²) in [6.07, 6.45) is 0. The van der Waals surface area contributed by atoms with Crippen molar-refractivity contribution < 1.29 is 4.79 Å². The number of hydrogen-bond donors (Lipinski definition) is 1. The van der Waals surface area contributed by atoms with E-state index in [2.05, 4.69) is 24.1 Å². The largest absolute Gasteiger partial charge is 0.322 e. The van der Waals surface area contributed by atoms with Crippen LogP contribution in [-0.4, -0.2) is 10.9 Å². The first-order chi connectivity index (χ1) is 13.5. The van der Waals surface area contributed by atoms with E-state index in [-0.39, 0.29) is 5.91 Å². The lowest BCUT2D eigenvalue weighted by Crippen LogP contribution is -2.11. The summed E-state index contributed by atoms with van der Waals surface area (Å²) in [5.41, 5.74) is 4.31. The summed E-state index contributed by atoms with van der Waals surface area (Å²) in [4.78, 5) is 17.2. The Morgan fingerprint density at radius 1 is 1.04 bits per heavy atom. The molecule has 28 heavy (non-hydrogen) atoms. The average molecular weight is 407 g/mol. The molecule has 1 amide bonds. The van der Waals surface area contributed by atoms with Gasteiger partial charge in [-0.1, -0.05) is 49.7 Å². The van der Waals surface area contributed by atoms with Crippen molar-refractivity contribution in [3.8, 4) is 10.6 Å². The number of nitrogens with zero attached hydrogens (tertiary/aromatic N) is 1. The van der Waals surface area contributed by atoms with Gasteiger partial charge in [0.05, 0.1) is 15.2 Å². The van der Waals surface area contributed by atoms with E-state index in [4.69, 9.17) is 11.6 Å². The van der Waals surface area contributed by atoms with Gasteiger partial charge < -0.3 is 5.32 Å². The summed E-state index contributed by atoms with van der Waals surface area (Å²) in [7, 11) is 0. The lowest BCUT2D eigenvalue weighted by Gasteiger charge is -2.09. The standard InChI is InChI=1S/C23H19ClN2OS/c1-14(2)15-7-9-16(10-8-15)22(27)25-17-11-12-18(19(24)13-17)23-26-20-5-3-4-6-21(20)28-23/h3-14H,1-2H3,(H,25,27). The maximum absolute atomic E-state index is 12.5. The molecule has 140 valence electrons. The highest BCUT2D eigenvalue weighted by molar-refractivity contribution is 7.21. The number of halogens is 1. The van der Waals surface area contributed by atoms with E-state index in [1.54, 1.807) is 17.4 Å². The number of amides is 1. The summed E-state index contributed by atoms with van der Waals surface area (Å²) in [6, 6.07) is 21.2. The average Bonchev–Trinajstić information content (AvgIpc) is 3.12. The molecule has 0 radical (unpaired) electrons. The normalized spacial score (nSPS) is 11.1. The molecule has 1 heterocycles. The Bertz CT molecular complexity index is 1120. The number of aromatic nitrogens is 1. The van der Waals surface area contributed by atoms with Crippen LogP contribution in [0, 0.1) is 0 Å². The van der Waals surface area contributed by atoms with E-state index < -0.39 is 0 Å². The first kappa shape index (κ1) is 18.7. The lowest BCUT2D eigenvalue weighted by atomic mass is 10.0. The number of nitrogens with one attached hydrogen (secondary N) is 1. The molecule has 0 bridgehead atoms. The minimum Gasteiger partial charge on any atom is -0.322 e. The molecular formula is C23H19ClN2OS. The number of para-hydroxylation sites is 1. The van der Waals surface area contributed by atoms with E-state index >= 15 is 0 Å². The van der Waals surface area contributed by atoms with Crippen LogP contribution in [0.5, 0.6) is 0 Å². The van der Waals surface area contributed by atoms with Crippen LogP contribution in [0.15, 0.2) is 66.7 Å². The second-order valence-corrected chi connectivity index (χ2v) is 8.35. The van der Waals surface area contributed by atoms with Crippen LogP contribution < -0.4 is 5.32 Å². The van der Waals surface area contributed by atoms with Crippen molar-refractivity contribution in [1.82, 2.24) is 4.98 Å². The van der Waals surface area contributed by atoms with Gasteiger partial charge in [-0.05, 0) is 53.9 Å². The predicted molar refractivity (Wildman–Crippen MR) is 119 cm³/mol. The minimum atomic E-state index is -0.154. The third-order valence-corrected chi connectivity index (χ3v) is 5.97. The van der Waals surface area contributed by atoms with Gasteiger partial charge in [0.25, 0.3) is 5.91 Å². The number of anilines is 1. The molecule has 0 aliphatic heterocycles. The third kappa shape index (κ3) is 3.79. The van der Waals surface area contributed by atoms with Gasteiger partial charge in [0.15, 0.2) is 0 Å². The fourth-order valence-electron chi connectivity index (χ4n) is 2.98. The Hall–Kier alpha value is -2.69. The Labute approximate surface area is 173 Å². The Morgan fingerprint density at radius 3 is 2.46 bits per heavy atom. The fourth-order valence-corrected chi connectivity index (χ4v) is 4.31. The lowest BCUT2D eigenvalue weighted by molar-refractivity contribution is 0.102. The first-order valence-corrected chi connectivity index (χ1v) is 10.3. The molecule has 0 unspecified atom stereocenters. The van der Waals surface area contributed by atoms with Gasteiger partial charge in [-0.2, -0.15) is 0 Å². The van der Waals surface area contributed by atoms with Crippen molar-refractivity contribution in [2.45, 2.75) is 19.8 Å². The molecule has 3 aromatic carbocycles. The highest BCUT2D eigenvalue weighted by Gasteiger charge is 2.12. The molecule has 0 aliphatic rings. The van der Waals surface area contributed by atoms with Gasteiger partial charge in [-0.25, -0.2) is 4.98 Å². The van der Waals surface area contributed by atoms with Gasteiger partial charge in [-0.15, -0.1) is 11.3 Å². The second kappa shape index (κ2) is 7.74. The molecule has 0 atom stereocenters. The SMILES string of the molecule is CC(C)c1ccc(C(=O)Nc2ccc(-c3nc4ccccc4s3)c(Cl)c2)cc1. The summed E-state index contributed by atoms with van der Waals surface area (Å²) in [5, 5.41) is 4.34. The topological polar surface area (TPSA) is 42.0 Å². The van der Waals surface area contributed by atoms with Gasteiger partial charge in [0.2, 0.25) is 0 Å². The highest BCUT2D eigenvalue weighted by Crippen LogP contribution is 2.35. The molecule has 0 saturated carbocycles. The first-order valence-electron chi connectivity index (χ1n) is 9.08. The van der Waals surface area contributed by atoms with E-state index in [0.717, 1.165) is 20.8 Å². The number of rotatable bonds is 4. The smallest absolute Gasteiger partial charge is 0.255 e. The number of fused-ring (bicyclic) bond motifs is 1. The van der Waals surface area contributed by atoms with Crippen molar-refractivity contribution in [3.63, 3.8) is 0 Å². The van der Waals surface area contributed by atoms with E-state index in [9.17, 15) is 4.79 Å². The molecule has 1 N–H and O–H groups in total. The highest BCUT2D eigenvalue weighted by atomic mass is 35.5. The zero-order valence-corrected chi connectivity index (χ0v) is 17.1. The van der Waals surface area contributed by atoms with Crippen LogP contribution in [-0.2, 0) is 0 Å². The number of carbonyl (C=O) groups is 1. The fraction of sp³-hybridized carbons (Fsp3) is 0.130. The molecule has 0 saturated heterocycles. The van der Waals surface area contributed by atoms with Crippen molar-refractivity contribution in [3.05, 3.63) is 82.9 Å². The molecular weight excluding hydrogens is 388 g/mol. The van der Waals surface area contributed by atoms with Gasteiger partial charge in [-0.3, -0.25) is 4.79 Å². The van der Waals surface area contributed by atoms with Crippen LogP contribution in [0.3, 0.4) is 0 Å². The van der Waals surface area contributed by atoms with Crippen LogP contribution >= 0.6 is 22.9 Å². The second-order valence-electron chi connectivity index (χ2n) is 6.91. The van der Waals surface area contributed by atoms with Crippen molar-refractivity contribution >= 4 is 44.7 Å². The van der Waals surface area contributed by atoms with Gasteiger partial charge in [0, 0.05) is 16.8 Å².